The van der Waals surface area contributed by atoms with Crippen LogP contribution in [0.15, 0.2) is 77.3 Å². The molecule has 2 amide bonds. The number of ether oxygens (including phenoxy) is 1. The van der Waals surface area contributed by atoms with E-state index in [4.69, 9.17) is 4.74 Å². The van der Waals surface area contributed by atoms with Crippen LogP contribution in [0.4, 0.5) is 10.5 Å². The second kappa shape index (κ2) is 10.1. The first-order valence-corrected chi connectivity index (χ1v) is 10.4. The fraction of sp³-hybridized carbons (Fsp3) is 0.167. The summed E-state index contributed by atoms with van der Waals surface area (Å²) in [5.74, 6) is 0.0820. The summed E-state index contributed by atoms with van der Waals surface area (Å²) in [4.78, 5) is 25.5. The van der Waals surface area contributed by atoms with Gasteiger partial charge in [0.25, 0.3) is 0 Å². The zero-order valence-corrected chi connectivity index (χ0v) is 18.4. The topological polar surface area (TPSA) is 67.4 Å². The number of nitrogens with one attached hydrogen (secondary N) is 2. The SMILES string of the molecule is Cc1cc(Br)c(NC(=O)[C@H](Cc2ccccc2)NC(=O)Oc2ccccc2)cc1C. The third-order valence-corrected chi connectivity index (χ3v) is 5.34. The van der Waals surface area contributed by atoms with Crippen molar-refractivity contribution in [3.63, 3.8) is 0 Å². The first-order chi connectivity index (χ1) is 14.4. The Morgan fingerprint density at radius 3 is 2.20 bits per heavy atom. The number of benzene rings is 3. The second-order valence-corrected chi connectivity index (χ2v) is 7.85. The number of halogens is 1. The van der Waals surface area contributed by atoms with Crippen LogP contribution < -0.4 is 15.4 Å². The van der Waals surface area contributed by atoms with Crippen molar-refractivity contribution < 1.29 is 14.3 Å². The minimum atomic E-state index is -0.808. The quantitative estimate of drug-likeness (QED) is 0.510. The van der Waals surface area contributed by atoms with Crippen LogP contribution in [0.3, 0.4) is 0 Å². The van der Waals surface area contributed by atoms with Crippen molar-refractivity contribution in [2.24, 2.45) is 0 Å². The minimum Gasteiger partial charge on any atom is -0.410 e. The molecule has 6 heteroatoms. The number of carbonyl (C=O) groups is 2. The van der Waals surface area contributed by atoms with Gasteiger partial charge in [0, 0.05) is 10.9 Å². The highest BCUT2D eigenvalue weighted by molar-refractivity contribution is 9.10. The van der Waals surface area contributed by atoms with Gasteiger partial charge in [-0.15, -0.1) is 0 Å². The monoisotopic (exact) mass is 466 g/mol. The van der Waals surface area contributed by atoms with Gasteiger partial charge in [-0.25, -0.2) is 4.79 Å². The number of rotatable bonds is 6. The Kier molecular flexibility index (Phi) is 7.25. The lowest BCUT2D eigenvalue weighted by molar-refractivity contribution is -0.118. The summed E-state index contributed by atoms with van der Waals surface area (Å²) in [6.45, 7) is 3.99. The molecule has 0 aliphatic carbocycles. The van der Waals surface area contributed by atoms with E-state index in [1.807, 2.05) is 62.4 Å². The summed E-state index contributed by atoms with van der Waals surface area (Å²) in [7, 11) is 0. The third-order valence-electron chi connectivity index (χ3n) is 4.69. The zero-order valence-electron chi connectivity index (χ0n) is 16.8. The van der Waals surface area contributed by atoms with Gasteiger partial charge < -0.3 is 15.4 Å². The smallest absolute Gasteiger partial charge is 0.410 e. The largest absolute Gasteiger partial charge is 0.413 e. The van der Waals surface area contributed by atoms with Crippen molar-refractivity contribution >= 4 is 33.6 Å². The maximum absolute atomic E-state index is 13.1. The Morgan fingerprint density at radius 1 is 0.933 bits per heavy atom. The van der Waals surface area contributed by atoms with Crippen LogP contribution in [-0.4, -0.2) is 18.0 Å². The van der Waals surface area contributed by atoms with Crippen LogP contribution >= 0.6 is 15.9 Å². The minimum absolute atomic E-state index is 0.326. The molecule has 3 rings (SSSR count). The van der Waals surface area contributed by atoms with E-state index in [0.29, 0.717) is 17.9 Å². The molecule has 0 saturated carbocycles. The highest BCUT2D eigenvalue weighted by Crippen LogP contribution is 2.26. The summed E-state index contributed by atoms with van der Waals surface area (Å²) in [6, 6.07) is 21.3. The van der Waals surface area contributed by atoms with E-state index in [1.54, 1.807) is 24.3 Å². The van der Waals surface area contributed by atoms with Gasteiger partial charge in [-0.05, 0) is 70.7 Å². The van der Waals surface area contributed by atoms with Crippen LogP contribution in [0.2, 0.25) is 0 Å². The summed E-state index contributed by atoms with van der Waals surface area (Å²) in [5.41, 5.74) is 3.76. The molecule has 0 aliphatic rings. The van der Waals surface area contributed by atoms with Crippen molar-refractivity contribution in [2.75, 3.05) is 5.32 Å². The van der Waals surface area contributed by atoms with E-state index in [2.05, 4.69) is 26.6 Å². The fourth-order valence-corrected chi connectivity index (χ4v) is 3.48. The lowest BCUT2D eigenvalue weighted by atomic mass is 10.0. The molecule has 3 aromatic rings. The van der Waals surface area contributed by atoms with E-state index >= 15 is 0 Å². The molecule has 0 spiro atoms. The number of para-hydroxylation sites is 1. The molecule has 0 bridgehead atoms. The van der Waals surface area contributed by atoms with Gasteiger partial charge >= 0.3 is 6.09 Å². The molecule has 0 aliphatic heterocycles. The van der Waals surface area contributed by atoms with E-state index in [-0.39, 0.29) is 5.91 Å². The van der Waals surface area contributed by atoms with Gasteiger partial charge in [0.05, 0.1) is 5.69 Å². The molecule has 3 aromatic carbocycles. The summed E-state index contributed by atoms with van der Waals surface area (Å²) < 4.78 is 6.08. The Hall–Kier alpha value is -3.12. The number of anilines is 1. The standard InChI is InChI=1S/C24H23BrN2O3/c1-16-13-20(25)21(14-17(16)2)26-23(28)22(15-18-9-5-3-6-10-18)27-24(29)30-19-11-7-4-8-12-19/h3-14,22H,15H2,1-2H3,(H,26,28)(H,27,29)/t22-/m0/s1. The van der Waals surface area contributed by atoms with Crippen molar-refractivity contribution in [1.29, 1.82) is 0 Å². The van der Waals surface area contributed by atoms with E-state index in [0.717, 1.165) is 21.2 Å². The maximum atomic E-state index is 13.1. The molecule has 30 heavy (non-hydrogen) atoms. The molecular weight excluding hydrogens is 444 g/mol. The number of hydrogen-bond acceptors (Lipinski definition) is 3. The number of amides is 2. The van der Waals surface area contributed by atoms with Gasteiger partial charge in [-0.1, -0.05) is 48.5 Å². The summed E-state index contributed by atoms with van der Waals surface area (Å²) in [6.07, 6.45) is -0.351. The molecule has 2 N–H and O–H groups in total. The average molecular weight is 467 g/mol. The molecule has 0 unspecified atom stereocenters. The van der Waals surface area contributed by atoms with Crippen LogP contribution in [-0.2, 0) is 11.2 Å². The molecule has 0 aromatic heterocycles. The molecule has 0 fully saturated rings. The van der Waals surface area contributed by atoms with Crippen LogP contribution in [0.25, 0.3) is 0 Å². The number of hydrogen-bond donors (Lipinski definition) is 2. The summed E-state index contributed by atoms with van der Waals surface area (Å²) in [5, 5.41) is 5.60. The van der Waals surface area contributed by atoms with E-state index in [9.17, 15) is 9.59 Å². The van der Waals surface area contributed by atoms with Gasteiger partial charge in [0.2, 0.25) is 5.91 Å². The molecule has 0 heterocycles. The third kappa shape index (κ3) is 5.94. The highest BCUT2D eigenvalue weighted by atomic mass is 79.9. The highest BCUT2D eigenvalue weighted by Gasteiger charge is 2.23. The Labute approximate surface area is 184 Å². The Balaban J connectivity index is 1.77. The molecule has 0 saturated heterocycles. The van der Waals surface area contributed by atoms with Gasteiger partial charge in [0.15, 0.2) is 0 Å². The van der Waals surface area contributed by atoms with Gasteiger partial charge in [-0.3, -0.25) is 4.79 Å². The van der Waals surface area contributed by atoms with Crippen LogP contribution in [0.5, 0.6) is 5.75 Å². The predicted molar refractivity (Wildman–Crippen MR) is 122 cm³/mol. The maximum Gasteiger partial charge on any atom is 0.413 e. The fourth-order valence-electron chi connectivity index (χ4n) is 2.92. The molecule has 0 radical (unpaired) electrons. The van der Waals surface area contributed by atoms with Gasteiger partial charge in [0.1, 0.15) is 11.8 Å². The van der Waals surface area contributed by atoms with Crippen molar-refractivity contribution in [2.45, 2.75) is 26.3 Å². The molecule has 154 valence electrons. The van der Waals surface area contributed by atoms with Gasteiger partial charge in [-0.2, -0.15) is 0 Å². The van der Waals surface area contributed by atoms with Crippen molar-refractivity contribution in [3.8, 4) is 5.75 Å². The normalized spacial score (nSPS) is 11.4. The lowest BCUT2D eigenvalue weighted by Crippen LogP contribution is -2.46. The lowest BCUT2D eigenvalue weighted by Gasteiger charge is -2.19. The predicted octanol–water partition coefficient (Wildman–Crippen LogP) is 5.40. The second-order valence-electron chi connectivity index (χ2n) is 6.99. The number of carbonyl (C=O) groups excluding carboxylic acids is 2. The molecule has 5 nitrogen and oxygen atoms in total. The Bertz CT molecular complexity index is 1020. The van der Waals surface area contributed by atoms with Crippen molar-refractivity contribution in [3.05, 3.63) is 94.0 Å². The Morgan fingerprint density at radius 2 is 1.53 bits per heavy atom. The first-order valence-electron chi connectivity index (χ1n) is 9.57. The van der Waals surface area contributed by atoms with Crippen molar-refractivity contribution in [1.82, 2.24) is 5.32 Å². The van der Waals surface area contributed by atoms with E-state index in [1.165, 1.54) is 0 Å². The first kappa shape index (κ1) is 21.6. The van der Waals surface area contributed by atoms with Crippen LogP contribution in [0, 0.1) is 13.8 Å². The molecule has 1 atom stereocenters. The molecular formula is C24H23BrN2O3. The average Bonchev–Trinajstić information content (AvgIpc) is 2.73. The number of aryl methyl sites for hydroxylation is 2. The van der Waals surface area contributed by atoms with Crippen LogP contribution in [0.1, 0.15) is 16.7 Å². The summed E-state index contributed by atoms with van der Waals surface area (Å²) >= 11 is 3.49. The van der Waals surface area contributed by atoms with E-state index < -0.39 is 12.1 Å². The zero-order chi connectivity index (χ0) is 21.5.